The van der Waals surface area contributed by atoms with Crippen LogP contribution in [-0.2, 0) is 11.2 Å². The Morgan fingerprint density at radius 1 is 1.07 bits per heavy atom. The van der Waals surface area contributed by atoms with Crippen molar-refractivity contribution in [3.05, 3.63) is 59.5 Å². The number of aromatic hydroxyl groups is 2. The maximum absolute atomic E-state index is 13.0. The van der Waals surface area contributed by atoms with E-state index in [2.05, 4.69) is 4.98 Å². The lowest BCUT2D eigenvalue weighted by atomic mass is 9.90. The van der Waals surface area contributed by atoms with Gasteiger partial charge < -0.3 is 20.1 Å². The van der Waals surface area contributed by atoms with Crippen LogP contribution in [-0.4, -0.2) is 44.9 Å². The highest BCUT2D eigenvalue weighted by Crippen LogP contribution is 2.32. The molecule has 7 heteroatoms. The number of carbonyl (C=O) groups excluding carboxylic acids is 2. The molecule has 0 unspecified atom stereocenters. The normalized spacial score (nSPS) is 15.0. The minimum Gasteiger partial charge on any atom is -0.504 e. The Morgan fingerprint density at radius 3 is 2.41 bits per heavy atom. The Kier molecular flexibility index (Phi) is 4.96. The number of phenols is 2. The molecule has 2 heterocycles. The zero-order chi connectivity index (χ0) is 20.5. The number of hydrogen-bond acceptors (Lipinski definition) is 4. The molecule has 1 saturated heterocycles. The molecule has 1 aliphatic rings. The molecular formula is C22H21FN2O4. The zero-order valence-electron chi connectivity index (χ0n) is 15.7. The third-order valence-corrected chi connectivity index (χ3v) is 5.56. The summed E-state index contributed by atoms with van der Waals surface area (Å²) in [6, 6.07) is 9.04. The van der Waals surface area contributed by atoms with Crippen LogP contribution < -0.4 is 0 Å². The molecular weight excluding hydrogens is 375 g/mol. The van der Waals surface area contributed by atoms with Crippen molar-refractivity contribution in [2.45, 2.75) is 19.3 Å². The molecule has 0 saturated carbocycles. The number of benzene rings is 2. The van der Waals surface area contributed by atoms with Crippen molar-refractivity contribution in [2.75, 3.05) is 13.1 Å². The number of ketones is 1. The van der Waals surface area contributed by atoms with Crippen LogP contribution in [0.25, 0.3) is 10.9 Å². The number of nitrogens with zero attached hydrogens (tertiary/aromatic N) is 1. The number of nitrogens with one attached hydrogen (secondary N) is 1. The van der Waals surface area contributed by atoms with E-state index in [1.807, 2.05) is 0 Å². The van der Waals surface area contributed by atoms with Crippen LogP contribution in [0.2, 0.25) is 0 Å². The average Bonchev–Trinajstić information content (AvgIpc) is 3.12. The summed E-state index contributed by atoms with van der Waals surface area (Å²) in [5, 5.41) is 19.7. The highest BCUT2D eigenvalue weighted by molar-refractivity contribution is 6.44. The van der Waals surface area contributed by atoms with E-state index in [0.717, 1.165) is 24.8 Å². The van der Waals surface area contributed by atoms with Crippen LogP contribution in [0.4, 0.5) is 4.39 Å². The molecule has 3 N–H and O–H groups in total. The lowest BCUT2D eigenvalue weighted by Gasteiger charge is -2.31. The maximum Gasteiger partial charge on any atom is 0.295 e. The number of likely N-dealkylation sites (tertiary alicyclic amines) is 1. The molecule has 29 heavy (non-hydrogen) atoms. The number of phenolic OH excluding ortho intramolecular Hbond substituents is 2. The van der Waals surface area contributed by atoms with E-state index in [1.54, 1.807) is 17.0 Å². The van der Waals surface area contributed by atoms with Crippen molar-refractivity contribution in [1.29, 1.82) is 0 Å². The van der Waals surface area contributed by atoms with Crippen molar-refractivity contribution < 1.29 is 24.2 Å². The van der Waals surface area contributed by atoms with Crippen molar-refractivity contribution in [1.82, 2.24) is 9.88 Å². The van der Waals surface area contributed by atoms with Gasteiger partial charge in [-0.1, -0.05) is 12.1 Å². The Bertz CT molecular complexity index is 1070. The van der Waals surface area contributed by atoms with Gasteiger partial charge in [-0.2, -0.15) is 0 Å². The fourth-order valence-corrected chi connectivity index (χ4v) is 3.89. The highest BCUT2D eigenvalue weighted by atomic mass is 19.1. The number of fused-ring (bicyclic) bond motifs is 1. The molecule has 2 aromatic carbocycles. The van der Waals surface area contributed by atoms with Crippen LogP contribution in [0.15, 0.2) is 42.6 Å². The number of piperidine rings is 1. The largest absolute Gasteiger partial charge is 0.504 e. The Balaban J connectivity index is 1.41. The first-order chi connectivity index (χ1) is 13.9. The topological polar surface area (TPSA) is 93.6 Å². The summed E-state index contributed by atoms with van der Waals surface area (Å²) < 4.78 is 13.0. The summed E-state index contributed by atoms with van der Waals surface area (Å²) in [4.78, 5) is 29.8. The van der Waals surface area contributed by atoms with E-state index in [-0.39, 0.29) is 22.9 Å². The van der Waals surface area contributed by atoms with Crippen LogP contribution in [0.1, 0.15) is 28.8 Å². The number of aromatic amines is 1. The summed E-state index contributed by atoms with van der Waals surface area (Å²) in [6.07, 6.45) is 3.80. The Morgan fingerprint density at radius 2 is 1.72 bits per heavy atom. The van der Waals surface area contributed by atoms with Crippen LogP contribution in [0.3, 0.4) is 0 Å². The Labute approximate surface area is 166 Å². The predicted molar refractivity (Wildman–Crippen MR) is 105 cm³/mol. The third-order valence-electron chi connectivity index (χ3n) is 5.56. The first-order valence-electron chi connectivity index (χ1n) is 9.53. The van der Waals surface area contributed by atoms with Gasteiger partial charge in [-0.15, -0.1) is 0 Å². The molecule has 1 aliphatic heterocycles. The monoisotopic (exact) mass is 396 g/mol. The first kappa shape index (κ1) is 19.0. The fraction of sp³-hybridized carbons (Fsp3) is 0.273. The molecule has 0 radical (unpaired) electrons. The van der Waals surface area contributed by atoms with E-state index < -0.39 is 11.7 Å². The zero-order valence-corrected chi connectivity index (χ0v) is 15.7. The van der Waals surface area contributed by atoms with Crippen molar-refractivity contribution >= 4 is 22.6 Å². The van der Waals surface area contributed by atoms with Gasteiger partial charge in [0.1, 0.15) is 5.82 Å². The van der Waals surface area contributed by atoms with Gasteiger partial charge in [0, 0.05) is 30.7 Å². The summed E-state index contributed by atoms with van der Waals surface area (Å²) in [7, 11) is 0. The molecule has 0 aliphatic carbocycles. The molecule has 6 nitrogen and oxygen atoms in total. The molecule has 0 spiro atoms. The van der Waals surface area contributed by atoms with Gasteiger partial charge in [-0.25, -0.2) is 4.39 Å². The number of Topliss-reactive ketones (excluding diaryl/α,β-unsaturated/α-hetero) is 1. The van der Waals surface area contributed by atoms with Crippen molar-refractivity contribution in [2.24, 2.45) is 5.92 Å². The number of H-pyrrole nitrogens is 1. The van der Waals surface area contributed by atoms with Gasteiger partial charge in [0.2, 0.25) is 0 Å². The molecule has 1 amide bonds. The van der Waals surface area contributed by atoms with Gasteiger partial charge in [-0.3, -0.25) is 9.59 Å². The lowest BCUT2D eigenvalue weighted by molar-refractivity contribution is -0.127. The molecule has 150 valence electrons. The van der Waals surface area contributed by atoms with E-state index in [4.69, 9.17) is 0 Å². The van der Waals surface area contributed by atoms with Crippen LogP contribution in [0, 0.1) is 11.7 Å². The number of aromatic nitrogens is 1. The first-order valence-corrected chi connectivity index (χ1v) is 9.53. The summed E-state index contributed by atoms with van der Waals surface area (Å²) in [6.45, 7) is 0.982. The highest BCUT2D eigenvalue weighted by Gasteiger charge is 2.29. The van der Waals surface area contributed by atoms with E-state index >= 15 is 0 Å². The SMILES string of the molecule is O=C(C(=O)N1CCC(Cc2ccc(F)cc2)CC1)c1c[nH]c2cc(O)c(O)cc12. The molecule has 0 atom stereocenters. The van der Waals surface area contributed by atoms with Gasteiger partial charge in [0.25, 0.3) is 11.7 Å². The van der Waals surface area contributed by atoms with Gasteiger partial charge in [-0.05, 0) is 48.9 Å². The molecule has 1 fully saturated rings. The summed E-state index contributed by atoms with van der Waals surface area (Å²) in [5.41, 5.74) is 1.71. The standard InChI is InChI=1S/C22H21FN2O4/c23-15-3-1-13(2-4-15)9-14-5-7-25(8-6-14)22(29)21(28)17-12-24-18-11-20(27)19(26)10-16(17)18/h1-4,10-12,14,24,26-27H,5-9H2. The maximum atomic E-state index is 13.0. The Hall–Kier alpha value is -3.35. The average molecular weight is 396 g/mol. The van der Waals surface area contributed by atoms with E-state index in [0.29, 0.717) is 29.9 Å². The van der Waals surface area contributed by atoms with E-state index in [9.17, 15) is 24.2 Å². The molecule has 4 rings (SSSR count). The van der Waals surface area contributed by atoms with Crippen molar-refractivity contribution in [3.8, 4) is 11.5 Å². The smallest absolute Gasteiger partial charge is 0.295 e. The van der Waals surface area contributed by atoms with Gasteiger partial charge in [0.05, 0.1) is 11.1 Å². The second-order valence-corrected chi connectivity index (χ2v) is 7.48. The number of amides is 1. The number of carbonyl (C=O) groups is 2. The second-order valence-electron chi connectivity index (χ2n) is 7.48. The lowest BCUT2D eigenvalue weighted by Crippen LogP contribution is -2.42. The number of rotatable bonds is 4. The van der Waals surface area contributed by atoms with Crippen molar-refractivity contribution in [3.63, 3.8) is 0 Å². The number of hydrogen-bond donors (Lipinski definition) is 3. The van der Waals surface area contributed by atoms with Gasteiger partial charge in [0.15, 0.2) is 11.5 Å². The quantitative estimate of drug-likeness (QED) is 0.358. The van der Waals surface area contributed by atoms with Crippen LogP contribution >= 0.6 is 0 Å². The van der Waals surface area contributed by atoms with Crippen LogP contribution in [0.5, 0.6) is 11.5 Å². The predicted octanol–water partition coefficient (Wildman–Crippen LogP) is 3.38. The minimum absolute atomic E-state index is 0.175. The second kappa shape index (κ2) is 7.58. The van der Waals surface area contributed by atoms with E-state index in [1.165, 1.54) is 30.5 Å². The summed E-state index contributed by atoms with van der Waals surface area (Å²) >= 11 is 0. The summed E-state index contributed by atoms with van der Waals surface area (Å²) in [5.74, 6) is -1.73. The third kappa shape index (κ3) is 3.81. The molecule has 1 aromatic heterocycles. The minimum atomic E-state index is -0.640. The van der Waals surface area contributed by atoms with Gasteiger partial charge >= 0.3 is 0 Å². The fourth-order valence-electron chi connectivity index (χ4n) is 3.89. The number of halogens is 1. The molecule has 3 aromatic rings. The molecule has 0 bridgehead atoms.